The van der Waals surface area contributed by atoms with Crippen LogP contribution in [-0.2, 0) is 9.59 Å². The molecule has 0 aliphatic carbocycles. The maximum atomic E-state index is 12.6. The molecular weight excluding hydrogens is 284 g/mol. The molecule has 1 aliphatic rings. The minimum absolute atomic E-state index is 0.0167. The fourth-order valence-electron chi connectivity index (χ4n) is 2.85. The Bertz CT molecular complexity index is 369. The van der Waals surface area contributed by atoms with Crippen molar-refractivity contribution in [1.82, 2.24) is 10.2 Å². The van der Waals surface area contributed by atoms with Gasteiger partial charge in [-0.1, -0.05) is 26.7 Å². The summed E-state index contributed by atoms with van der Waals surface area (Å²) < 4.78 is 0. The van der Waals surface area contributed by atoms with E-state index in [1.807, 2.05) is 25.6 Å². The highest BCUT2D eigenvalue weighted by atomic mass is 32.2. The molecule has 1 saturated heterocycles. The van der Waals surface area contributed by atoms with E-state index in [9.17, 15) is 9.59 Å². The van der Waals surface area contributed by atoms with Crippen LogP contribution < -0.4 is 5.32 Å². The van der Waals surface area contributed by atoms with Crippen LogP contribution in [0, 0.1) is 5.92 Å². The van der Waals surface area contributed by atoms with Gasteiger partial charge in [-0.05, 0) is 44.6 Å². The van der Waals surface area contributed by atoms with Gasteiger partial charge in [-0.3, -0.25) is 9.59 Å². The molecule has 0 radical (unpaired) electrons. The molecule has 1 fully saturated rings. The molecule has 0 aromatic rings. The van der Waals surface area contributed by atoms with Crippen molar-refractivity contribution in [3.05, 3.63) is 0 Å². The first kappa shape index (κ1) is 18.3. The number of nitrogens with zero attached hydrogens (tertiary/aromatic N) is 1. The highest BCUT2D eigenvalue weighted by molar-refractivity contribution is 7.98. The standard InChI is InChI=1S/C16H30N2O2S/c1-12(2)13-14(19)17-16(3,4)15(20)18(13)10-8-6-7-9-11-21-5/h12-13H,6-11H2,1-5H3,(H,17,19). The number of hydrogen-bond donors (Lipinski definition) is 1. The van der Waals surface area contributed by atoms with Gasteiger partial charge in [0.05, 0.1) is 0 Å². The van der Waals surface area contributed by atoms with Gasteiger partial charge in [0.1, 0.15) is 11.6 Å². The van der Waals surface area contributed by atoms with E-state index in [1.54, 1.807) is 18.7 Å². The molecule has 1 N–H and O–H groups in total. The van der Waals surface area contributed by atoms with Gasteiger partial charge in [0.25, 0.3) is 0 Å². The van der Waals surface area contributed by atoms with Crippen LogP contribution in [0.3, 0.4) is 0 Å². The van der Waals surface area contributed by atoms with Crippen LogP contribution in [0.25, 0.3) is 0 Å². The van der Waals surface area contributed by atoms with Crippen LogP contribution in [0.2, 0.25) is 0 Å². The first-order valence-corrected chi connectivity index (χ1v) is 9.32. The van der Waals surface area contributed by atoms with Crippen molar-refractivity contribution >= 4 is 23.6 Å². The predicted molar refractivity (Wildman–Crippen MR) is 89.4 cm³/mol. The first-order chi connectivity index (χ1) is 9.81. The Morgan fingerprint density at radius 3 is 2.38 bits per heavy atom. The zero-order chi connectivity index (χ0) is 16.0. The molecule has 1 aliphatic heterocycles. The number of hydrogen-bond acceptors (Lipinski definition) is 3. The predicted octanol–water partition coefficient (Wildman–Crippen LogP) is 2.67. The molecule has 1 unspecified atom stereocenters. The minimum Gasteiger partial charge on any atom is -0.340 e. The summed E-state index contributed by atoms with van der Waals surface area (Å²) in [6.45, 7) is 8.27. The van der Waals surface area contributed by atoms with Gasteiger partial charge in [-0.2, -0.15) is 11.8 Å². The van der Waals surface area contributed by atoms with Gasteiger partial charge in [0, 0.05) is 6.54 Å². The molecule has 5 heteroatoms. The Hall–Kier alpha value is -0.710. The molecule has 4 nitrogen and oxygen atoms in total. The molecule has 1 heterocycles. The van der Waals surface area contributed by atoms with Crippen LogP contribution in [0.5, 0.6) is 0 Å². The van der Waals surface area contributed by atoms with Crippen molar-refractivity contribution < 1.29 is 9.59 Å². The molecule has 0 saturated carbocycles. The number of amides is 2. The maximum Gasteiger partial charge on any atom is 0.248 e. The Morgan fingerprint density at radius 1 is 1.19 bits per heavy atom. The van der Waals surface area contributed by atoms with Crippen molar-refractivity contribution in [2.24, 2.45) is 5.92 Å². The van der Waals surface area contributed by atoms with E-state index in [1.165, 1.54) is 18.6 Å². The molecular formula is C16H30N2O2S. The monoisotopic (exact) mass is 314 g/mol. The third-order valence-corrected chi connectivity index (χ3v) is 4.66. The minimum atomic E-state index is -0.776. The molecule has 0 spiro atoms. The average molecular weight is 314 g/mol. The zero-order valence-electron chi connectivity index (χ0n) is 14.1. The summed E-state index contributed by atoms with van der Waals surface area (Å²) >= 11 is 1.88. The Labute approximate surface area is 133 Å². The van der Waals surface area contributed by atoms with Gasteiger partial charge in [-0.15, -0.1) is 0 Å². The lowest BCUT2D eigenvalue weighted by atomic mass is 9.91. The Kier molecular flexibility index (Phi) is 7.04. The number of carbonyl (C=O) groups excluding carboxylic acids is 2. The molecule has 0 aromatic carbocycles. The summed E-state index contributed by atoms with van der Waals surface area (Å²) in [5.41, 5.74) is -0.776. The molecule has 122 valence electrons. The number of piperazine rings is 1. The van der Waals surface area contributed by atoms with E-state index in [0.29, 0.717) is 6.54 Å². The van der Waals surface area contributed by atoms with Crippen LogP contribution in [0.15, 0.2) is 0 Å². The van der Waals surface area contributed by atoms with Gasteiger partial charge in [-0.25, -0.2) is 0 Å². The SMILES string of the molecule is CSCCCCCCN1C(=O)C(C)(C)NC(=O)C1C(C)C. The third kappa shape index (κ3) is 4.90. The molecule has 0 aromatic heterocycles. The summed E-state index contributed by atoms with van der Waals surface area (Å²) in [5, 5.41) is 2.85. The highest BCUT2D eigenvalue weighted by Crippen LogP contribution is 2.23. The summed E-state index contributed by atoms with van der Waals surface area (Å²) in [6.07, 6.45) is 6.66. The van der Waals surface area contributed by atoms with Crippen LogP contribution in [0.4, 0.5) is 0 Å². The number of thioether (sulfide) groups is 1. The van der Waals surface area contributed by atoms with Crippen molar-refractivity contribution in [2.45, 2.75) is 65.0 Å². The Morgan fingerprint density at radius 2 is 1.81 bits per heavy atom. The van der Waals surface area contributed by atoms with E-state index in [4.69, 9.17) is 0 Å². The van der Waals surface area contributed by atoms with Gasteiger partial charge in [0.15, 0.2) is 0 Å². The average Bonchev–Trinajstić information content (AvgIpc) is 2.38. The van der Waals surface area contributed by atoms with Crippen LogP contribution in [0.1, 0.15) is 53.4 Å². The zero-order valence-corrected chi connectivity index (χ0v) is 14.9. The van der Waals surface area contributed by atoms with Gasteiger partial charge >= 0.3 is 0 Å². The van der Waals surface area contributed by atoms with Crippen molar-refractivity contribution in [1.29, 1.82) is 0 Å². The molecule has 1 rings (SSSR count). The number of nitrogens with one attached hydrogen (secondary N) is 1. The summed E-state index contributed by atoms with van der Waals surface area (Å²) in [7, 11) is 0. The van der Waals surface area contributed by atoms with Gasteiger partial charge in [0.2, 0.25) is 11.8 Å². The van der Waals surface area contributed by atoms with E-state index in [2.05, 4.69) is 11.6 Å². The van der Waals surface area contributed by atoms with Crippen molar-refractivity contribution in [3.63, 3.8) is 0 Å². The lowest BCUT2D eigenvalue weighted by Gasteiger charge is -2.44. The second-order valence-electron chi connectivity index (χ2n) is 6.71. The second-order valence-corrected chi connectivity index (χ2v) is 7.69. The lowest BCUT2D eigenvalue weighted by molar-refractivity contribution is -0.155. The summed E-state index contributed by atoms with van der Waals surface area (Å²) in [5.74, 6) is 1.37. The topological polar surface area (TPSA) is 49.4 Å². The Balaban J connectivity index is 2.60. The largest absolute Gasteiger partial charge is 0.340 e. The fraction of sp³-hybridized carbons (Fsp3) is 0.875. The second kappa shape index (κ2) is 8.06. The number of carbonyl (C=O) groups is 2. The first-order valence-electron chi connectivity index (χ1n) is 7.93. The molecule has 2 amide bonds. The van der Waals surface area contributed by atoms with Crippen LogP contribution >= 0.6 is 11.8 Å². The summed E-state index contributed by atoms with van der Waals surface area (Å²) in [4.78, 5) is 26.7. The van der Waals surface area contributed by atoms with Crippen molar-refractivity contribution in [3.8, 4) is 0 Å². The summed E-state index contributed by atoms with van der Waals surface area (Å²) in [6, 6.07) is -0.322. The highest BCUT2D eigenvalue weighted by Gasteiger charge is 2.45. The maximum absolute atomic E-state index is 12.6. The van der Waals surface area contributed by atoms with Crippen molar-refractivity contribution in [2.75, 3.05) is 18.6 Å². The molecule has 0 bridgehead atoms. The van der Waals surface area contributed by atoms with Crippen LogP contribution in [-0.4, -0.2) is 46.8 Å². The smallest absolute Gasteiger partial charge is 0.248 e. The van der Waals surface area contributed by atoms with E-state index in [-0.39, 0.29) is 23.8 Å². The normalized spacial score (nSPS) is 21.8. The third-order valence-electron chi connectivity index (χ3n) is 3.96. The van der Waals surface area contributed by atoms with E-state index in [0.717, 1.165) is 12.8 Å². The number of unbranched alkanes of at least 4 members (excludes halogenated alkanes) is 3. The van der Waals surface area contributed by atoms with Gasteiger partial charge < -0.3 is 10.2 Å². The van der Waals surface area contributed by atoms with E-state index < -0.39 is 5.54 Å². The lowest BCUT2D eigenvalue weighted by Crippen LogP contribution is -2.69. The quantitative estimate of drug-likeness (QED) is 0.701. The number of rotatable bonds is 8. The fourth-order valence-corrected chi connectivity index (χ4v) is 3.34. The molecule has 1 atom stereocenters. The van der Waals surface area contributed by atoms with E-state index >= 15 is 0 Å². The molecule has 21 heavy (non-hydrogen) atoms.